The van der Waals surface area contributed by atoms with Crippen LogP contribution in [-0.2, 0) is 11.2 Å². The molecule has 112 valence electrons. The van der Waals surface area contributed by atoms with E-state index < -0.39 is 0 Å². The van der Waals surface area contributed by atoms with E-state index in [2.05, 4.69) is 43.1 Å². The van der Waals surface area contributed by atoms with Gasteiger partial charge in [-0.25, -0.2) is 0 Å². The van der Waals surface area contributed by atoms with Crippen molar-refractivity contribution in [1.29, 1.82) is 0 Å². The van der Waals surface area contributed by atoms with E-state index in [-0.39, 0.29) is 5.91 Å². The SMILES string of the molecule is CC(=O)N1CC=C(c2ccc3c(c2)CC(C)CN3C)CC1. The Morgan fingerprint density at radius 1 is 1.33 bits per heavy atom. The Labute approximate surface area is 127 Å². The van der Waals surface area contributed by atoms with Gasteiger partial charge in [-0.3, -0.25) is 4.79 Å². The predicted octanol–water partition coefficient (Wildman–Crippen LogP) is 2.95. The van der Waals surface area contributed by atoms with Gasteiger partial charge in [-0.15, -0.1) is 0 Å². The van der Waals surface area contributed by atoms with Crippen molar-refractivity contribution in [2.45, 2.75) is 26.7 Å². The normalized spacial score (nSPS) is 21.9. The lowest BCUT2D eigenvalue weighted by molar-refractivity contribution is -0.128. The van der Waals surface area contributed by atoms with Crippen molar-refractivity contribution in [1.82, 2.24) is 4.90 Å². The first-order valence-electron chi connectivity index (χ1n) is 7.83. The van der Waals surface area contributed by atoms with Gasteiger partial charge in [0.2, 0.25) is 5.91 Å². The molecule has 2 aliphatic heterocycles. The summed E-state index contributed by atoms with van der Waals surface area (Å²) >= 11 is 0. The van der Waals surface area contributed by atoms with Crippen LogP contribution in [0.5, 0.6) is 0 Å². The van der Waals surface area contributed by atoms with Crippen LogP contribution >= 0.6 is 0 Å². The quantitative estimate of drug-likeness (QED) is 0.791. The lowest BCUT2D eigenvalue weighted by Gasteiger charge is -2.32. The molecule has 1 unspecified atom stereocenters. The van der Waals surface area contributed by atoms with E-state index >= 15 is 0 Å². The average molecular weight is 284 g/mol. The largest absolute Gasteiger partial charge is 0.374 e. The molecule has 0 saturated heterocycles. The zero-order valence-corrected chi connectivity index (χ0v) is 13.2. The molecule has 1 aromatic carbocycles. The number of amides is 1. The van der Waals surface area contributed by atoms with Crippen molar-refractivity contribution in [3.05, 3.63) is 35.4 Å². The minimum absolute atomic E-state index is 0.172. The molecule has 21 heavy (non-hydrogen) atoms. The second-order valence-corrected chi connectivity index (χ2v) is 6.48. The number of rotatable bonds is 1. The molecule has 1 aromatic rings. The Bertz CT molecular complexity index is 591. The second-order valence-electron chi connectivity index (χ2n) is 6.48. The fraction of sp³-hybridized carbons (Fsp3) is 0.500. The summed E-state index contributed by atoms with van der Waals surface area (Å²) in [5.41, 5.74) is 5.55. The van der Waals surface area contributed by atoms with Gasteiger partial charge in [0.1, 0.15) is 0 Å². The van der Waals surface area contributed by atoms with E-state index in [0.717, 1.165) is 26.1 Å². The number of carbonyl (C=O) groups is 1. The number of hydrogen-bond donors (Lipinski definition) is 0. The van der Waals surface area contributed by atoms with Gasteiger partial charge in [-0.1, -0.05) is 19.1 Å². The summed E-state index contributed by atoms with van der Waals surface area (Å²) in [4.78, 5) is 15.7. The standard InChI is InChI=1S/C18H24N2O/c1-13-10-17-11-16(4-5-18(17)19(3)12-13)15-6-8-20(9-7-15)14(2)21/h4-6,11,13H,7-10,12H2,1-3H3. The first-order valence-corrected chi connectivity index (χ1v) is 7.83. The predicted molar refractivity (Wildman–Crippen MR) is 87.4 cm³/mol. The van der Waals surface area contributed by atoms with Crippen LogP contribution in [0.15, 0.2) is 24.3 Å². The molecule has 0 spiro atoms. The fourth-order valence-electron chi connectivity index (χ4n) is 3.54. The van der Waals surface area contributed by atoms with Gasteiger partial charge in [-0.05, 0) is 47.6 Å². The molecule has 1 amide bonds. The highest BCUT2D eigenvalue weighted by atomic mass is 16.2. The van der Waals surface area contributed by atoms with Crippen molar-refractivity contribution >= 4 is 17.2 Å². The van der Waals surface area contributed by atoms with Gasteiger partial charge in [0.15, 0.2) is 0 Å². The average Bonchev–Trinajstić information content (AvgIpc) is 2.46. The molecule has 1 atom stereocenters. The molecular weight excluding hydrogens is 260 g/mol. The second kappa shape index (κ2) is 5.55. The van der Waals surface area contributed by atoms with Crippen LogP contribution in [0.3, 0.4) is 0 Å². The maximum absolute atomic E-state index is 11.4. The maximum atomic E-state index is 11.4. The van der Waals surface area contributed by atoms with Gasteiger partial charge < -0.3 is 9.80 Å². The third-order valence-electron chi connectivity index (χ3n) is 4.67. The summed E-state index contributed by atoms with van der Waals surface area (Å²) in [7, 11) is 2.18. The molecule has 0 radical (unpaired) electrons. The minimum Gasteiger partial charge on any atom is -0.374 e. The number of nitrogens with zero attached hydrogens (tertiary/aromatic N) is 2. The monoisotopic (exact) mass is 284 g/mol. The number of hydrogen-bond acceptors (Lipinski definition) is 2. The third-order valence-corrected chi connectivity index (χ3v) is 4.67. The third kappa shape index (κ3) is 2.82. The van der Waals surface area contributed by atoms with E-state index in [0.29, 0.717) is 5.92 Å². The van der Waals surface area contributed by atoms with Crippen LogP contribution in [0.1, 0.15) is 31.4 Å². The molecule has 0 N–H and O–H groups in total. The molecule has 0 aliphatic carbocycles. The van der Waals surface area contributed by atoms with Gasteiger partial charge >= 0.3 is 0 Å². The first-order chi connectivity index (χ1) is 10.0. The number of fused-ring (bicyclic) bond motifs is 1. The maximum Gasteiger partial charge on any atom is 0.219 e. The van der Waals surface area contributed by atoms with Crippen molar-refractivity contribution in [3.8, 4) is 0 Å². The zero-order valence-electron chi connectivity index (χ0n) is 13.2. The van der Waals surface area contributed by atoms with Crippen LogP contribution in [0, 0.1) is 5.92 Å². The Hall–Kier alpha value is -1.77. The Morgan fingerprint density at radius 2 is 2.14 bits per heavy atom. The topological polar surface area (TPSA) is 23.6 Å². The zero-order chi connectivity index (χ0) is 15.0. The molecule has 0 fully saturated rings. The Kier molecular flexibility index (Phi) is 3.75. The molecule has 0 bridgehead atoms. The molecule has 2 heterocycles. The molecule has 3 heteroatoms. The van der Waals surface area contributed by atoms with Gasteiger partial charge in [0, 0.05) is 39.3 Å². The number of benzene rings is 1. The van der Waals surface area contributed by atoms with Crippen molar-refractivity contribution in [2.75, 3.05) is 31.6 Å². The van der Waals surface area contributed by atoms with Crippen molar-refractivity contribution in [3.63, 3.8) is 0 Å². The van der Waals surface area contributed by atoms with Crippen molar-refractivity contribution < 1.29 is 4.79 Å². The number of carbonyl (C=O) groups excluding carboxylic acids is 1. The van der Waals surface area contributed by atoms with Crippen LogP contribution in [-0.4, -0.2) is 37.5 Å². The van der Waals surface area contributed by atoms with Gasteiger partial charge in [0.25, 0.3) is 0 Å². The molecule has 3 rings (SSSR count). The highest BCUT2D eigenvalue weighted by Gasteiger charge is 2.21. The summed E-state index contributed by atoms with van der Waals surface area (Å²) in [5, 5.41) is 0. The summed E-state index contributed by atoms with van der Waals surface area (Å²) in [6.07, 6.45) is 4.34. The molecule has 0 saturated carbocycles. The first kappa shape index (κ1) is 14.2. The number of anilines is 1. The molecular formula is C18H24N2O. The summed E-state index contributed by atoms with van der Waals surface area (Å²) in [5.74, 6) is 0.887. The highest BCUT2D eigenvalue weighted by molar-refractivity contribution is 5.76. The van der Waals surface area contributed by atoms with Gasteiger partial charge in [0.05, 0.1) is 0 Å². The lowest BCUT2D eigenvalue weighted by atomic mass is 9.90. The Morgan fingerprint density at radius 3 is 2.81 bits per heavy atom. The summed E-state index contributed by atoms with van der Waals surface area (Å²) < 4.78 is 0. The van der Waals surface area contributed by atoms with Crippen LogP contribution in [0.25, 0.3) is 5.57 Å². The summed E-state index contributed by atoms with van der Waals surface area (Å²) in [6, 6.07) is 6.85. The van der Waals surface area contributed by atoms with Gasteiger partial charge in [-0.2, -0.15) is 0 Å². The minimum atomic E-state index is 0.172. The van der Waals surface area contributed by atoms with Crippen LogP contribution in [0.2, 0.25) is 0 Å². The molecule has 0 aromatic heterocycles. The molecule has 2 aliphatic rings. The van der Waals surface area contributed by atoms with Crippen LogP contribution < -0.4 is 4.90 Å². The van der Waals surface area contributed by atoms with E-state index in [9.17, 15) is 4.79 Å². The highest BCUT2D eigenvalue weighted by Crippen LogP contribution is 2.32. The molecule has 3 nitrogen and oxygen atoms in total. The fourth-order valence-corrected chi connectivity index (χ4v) is 3.54. The van der Waals surface area contributed by atoms with E-state index in [1.165, 1.54) is 28.8 Å². The van der Waals surface area contributed by atoms with E-state index in [1.807, 2.05) is 4.90 Å². The Balaban J connectivity index is 1.85. The lowest BCUT2D eigenvalue weighted by Crippen LogP contribution is -2.32. The van der Waals surface area contributed by atoms with E-state index in [1.54, 1.807) is 6.92 Å². The van der Waals surface area contributed by atoms with Crippen LogP contribution in [0.4, 0.5) is 5.69 Å². The summed E-state index contributed by atoms with van der Waals surface area (Å²) in [6.45, 7) is 6.70. The van der Waals surface area contributed by atoms with Crippen molar-refractivity contribution in [2.24, 2.45) is 5.92 Å². The smallest absolute Gasteiger partial charge is 0.219 e. The van der Waals surface area contributed by atoms with E-state index in [4.69, 9.17) is 0 Å².